The van der Waals surface area contributed by atoms with Crippen molar-refractivity contribution in [2.45, 2.75) is 19.8 Å². The number of aldehydes is 1. The Morgan fingerprint density at radius 2 is 2.00 bits per heavy atom. The van der Waals surface area contributed by atoms with Crippen LogP contribution in [0, 0.1) is 18.3 Å². The molecule has 104 valence electrons. The van der Waals surface area contributed by atoms with Crippen LogP contribution >= 0.6 is 0 Å². The van der Waals surface area contributed by atoms with E-state index in [-0.39, 0.29) is 0 Å². The Labute approximate surface area is 124 Å². The average molecular weight is 276 g/mol. The summed E-state index contributed by atoms with van der Waals surface area (Å²) in [6.07, 6.45) is 2.91. The summed E-state index contributed by atoms with van der Waals surface area (Å²) in [6, 6.07) is 13.9. The molecule has 0 amide bonds. The van der Waals surface area contributed by atoms with Gasteiger partial charge < -0.3 is 4.90 Å². The van der Waals surface area contributed by atoms with Crippen molar-refractivity contribution in [3.63, 3.8) is 0 Å². The Morgan fingerprint density at radius 3 is 2.76 bits per heavy atom. The molecule has 0 aromatic heterocycles. The lowest BCUT2D eigenvalue weighted by atomic mass is 9.98. The predicted octanol–water partition coefficient (Wildman–Crippen LogP) is 3.76. The quantitative estimate of drug-likeness (QED) is 0.784. The van der Waals surface area contributed by atoms with Crippen LogP contribution in [-0.2, 0) is 6.42 Å². The number of nitrogens with zero attached hydrogens (tertiary/aromatic N) is 2. The lowest BCUT2D eigenvalue weighted by molar-refractivity contribution is 0.112. The molecule has 3 rings (SSSR count). The van der Waals surface area contributed by atoms with E-state index >= 15 is 0 Å². The van der Waals surface area contributed by atoms with Gasteiger partial charge in [0.05, 0.1) is 11.3 Å². The lowest BCUT2D eigenvalue weighted by Crippen LogP contribution is -2.25. The van der Waals surface area contributed by atoms with Crippen LogP contribution in [0.5, 0.6) is 0 Å². The van der Waals surface area contributed by atoms with Gasteiger partial charge in [0.15, 0.2) is 0 Å². The lowest BCUT2D eigenvalue weighted by Gasteiger charge is -2.32. The molecule has 2 aromatic carbocycles. The van der Waals surface area contributed by atoms with Crippen LogP contribution < -0.4 is 4.90 Å². The van der Waals surface area contributed by atoms with Gasteiger partial charge >= 0.3 is 0 Å². The van der Waals surface area contributed by atoms with Crippen LogP contribution in [-0.4, -0.2) is 12.8 Å². The van der Waals surface area contributed by atoms with Gasteiger partial charge in [0.25, 0.3) is 0 Å². The maximum Gasteiger partial charge on any atom is 0.150 e. The first-order chi connectivity index (χ1) is 10.2. The van der Waals surface area contributed by atoms with Crippen molar-refractivity contribution in [2.75, 3.05) is 11.4 Å². The zero-order valence-electron chi connectivity index (χ0n) is 12.0. The SMILES string of the molecule is Cc1ccc2c(c1)CCCN2c1ccc(C=O)cc1C#N. The van der Waals surface area contributed by atoms with E-state index in [1.54, 1.807) is 12.1 Å². The van der Waals surface area contributed by atoms with Crippen LogP contribution in [0.15, 0.2) is 36.4 Å². The molecule has 0 fully saturated rings. The number of hydrogen-bond acceptors (Lipinski definition) is 3. The summed E-state index contributed by atoms with van der Waals surface area (Å²) in [7, 11) is 0. The van der Waals surface area contributed by atoms with E-state index in [1.165, 1.54) is 16.8 Å². The number of hydrogen-bond donors (Lipinski definition) is 0. The smallest absolute Gasteiger partial charge is 0.150 e. The molecule has 0 spiro atoms. The van der Waals surface area contributed by atoms with E-state index in [9.17, 15) is 10.1 Å². The minimum Gasteiger partial charge on any atom is -0.340 e. The monoisotopic (exact) mass is 276 g/mol. The van der Waals surface area contributed by atoms with Crippen molar-refractivity contribution in [3.05, 3.63) is 58.7 Å². The highest BCUT2D eigenvalue weighted by Gasteiger charge is 2.20. The molecule has 0 saturated carbocycles. The van der Waals surface area contributed by atoms with Gasteiger partial charge in [-0.3, -0.25) is 4.79 Å². The maximum absolute atomic E-state index is 10.9. The van der Waals surface area contributed by atoms with E-state index in [0.29, 0.717) is 11.1 Å². The number of carbonyl (C=O) groups is 1. The van der Waals surface area contributed by atoms with Gasteiger partial charge in [0.2, 0.25) is 0 Å². The number of anilines is 2. The first-order valence-corrected chi connectivity index (χ1v) is 7.09. The second-order valence-corrected chi connectivity index (χ2v) is 5.39. The first kappa shape index (κ1) is 13.4. The summed E-state index contributed by atoms with van der Waals surface area (Å²) in [5.41, 5.74) is 5.72. The van der Waals surface area contributed by atoms with E-state index in [2.05, 4.69) is 36.1 Å². The fourth-order valence-electron chi connectivity index (χ4n) is 2.93. The Hall–Kier alpha value is -2.60. The van der Waals surface area contributed by atoms with Crippen LogP contribution in [0.1, 0.15) is 33.5 Å². The van der Waals surface area contributed by atoms with Gasteiger partial charge in [-0.1, -0.05) is 17.7 Å². The molecule has 1 heterocycles. The van der Waals surface area contributed by atoms with Gasteiger partial charge in [0, 0.05) is 17.8 Å². The summed E-state index contributed by atoms with van der Waals surface area (Å²) in [5, 5.41) is 9.37. The molecule has 1 aliphatic heterocycles. The van der Waals surface area contributed by atoms with Crippen molar-refractivity contribution in [1.82, 2.24) is 0 Å². The first-order valence-electron chi connectivity index (χ1n) is 7.09. The van der Waals surface area contributed by atoms with Crippen LogP contribution in [0.25, 0.3) is 0 Å². The molecule has 0 aliphatic carbocycles. The highest BCUT2D eigenvalue weighted by Crippen LogP contribution is 2.35. The molecule has 0 saturated heterocycles. The summed E-state index contributed by atoms with van der Waals surface area (Å²) >= 11 is 0. The normalized spacial score (nSPS) is 13.4. The van der Waals surface area contributed by atoms with E-state index in [0.717, 1.165) is 31.4 Å². The maximum atomic E-state index is 10.9. The predicted molar refractivity (Wildman–Crippen MR) is 83.1 cm³/mol. The van der Waals surface area contributed by atoms with Gasteiger partial charge in [-0.05, 0) is 49.6 Å². The van der Waals surface area contributed by atoms with Crippen LogP contribution in [0.4, 0.5) is 11.4 Å². The number of aryl methyl sites for hydroxylation is 2. The number of benzene rings is 2. The van der Waals surface area contributed by atoms with Crippen molar-refractivity contribution in [3.8, 4) is 6.07 Å². The Bertz CT molecular complexity index is 743. The molecule has 3 heteroatoms. The van der Waals surface area contributed by atoms with Gasteiger partial charge in [-0.25, -0.2) is 0 Å². The second-order valence-electron chi connectivity index (χ2n) is 5.39. The number of fused-ring (bicyclic) bond motifs is 1. The highest BCUT2D eigenvalue weighted by molar-refractivity contribution is 5.80. The minimum absolute atomic E-state index is 0.538. The second kappa shape index (κ2) is 5.41. The average Bonchev–Trinajstić information content (AvgIpc) is 2.53. The third-order valence-electron chi connectivity index (χ3n) is 3.92. The van der Waals surface area contributed by atoms with Crippen molar-refractivity contribution < 1.29 is 4.79 Å². The molecule has 0 radical (unpaired) electrons. The molecule has 1 aliphatic rings. The number of carbonyl (C=O) groups excluding carboxylic acids is 1. The summed E-state index contributed by atoms with van der Waals surface area (Å²) < 4.78 is 0. The van der Waals surface area contributed by atoms with Crippen molar-refractivity contribution >= 4 is 17.7 Å². The van der Waals surface area contributed by atoms with Crippen LogP contribution in [0.2, 0.25) is 0 Å². The van der Waals surface area contributed by atoms with Gasteiger partial charge in [-0.15, -0.1) is 0 Å². The molecule has 0 bridgehead atoms. The summed E-state index contributed by atoms with van der Waals surface area (Å²) in [5.74, 6) is 0. The van der Waals surface area contributed by atoms with E-state index in [4.69, 9.17) is 0 Å². The zero-order chi connectivity index (χ0) is 14.8. The number of nitriles is 1. The standard InChI is InChI=1S/C18H16N2O/c1-13-4-6-17-15(9-13)3-2-8-20(17)18-7-5-14(12-21)10-16(18)11-19/h4-7,9-10,12H,2-3,8H2,1H3. The molecule has 3 nitrogen and oxygen atoms in total. The molecular formula is C18H16N2O. The van der Waals surface area contributed by atoms with Gasteiger partial charge in [-0.2, -0.15) is 5.26 Å². The molecule has 0 N–H and O–H groups in total. The number of rotatable bonds is 2. The third kappa shape index (κ3) is 2.41. The minimum atomic E-state index is 0.538. The van der Waals surface area contributed by atoms with Crippen molar-refractivity contribution in [2.24, 2.45) is 0 Å². The Morgan fingerprint density at radius 1 is 1.19 bits per heavy atom. The van der Waals surface area contributed by atoms with E-state index < -0.39 is 0 Å². The van der Waals surface area contributed by atoms with Crippen LogP contribution in [0.3, 0.4) is 0 Å². The topological polar surface area (TPSA) is 44.1 Å². The molecule has 21 heavy (non-hydrogen) atoms. The Kier molecular flexibility index (Phi) is 3.45. The fourth-order valence-corrected chi connectivity index (χ4v) is 2.93. The highest BCUT2D eigenvalue weighted by atomic mass is 16.1. The Balaban J connectivity index is 2.11. The molecule has 0 atom stereocenters. The van der Waals surface area contributed by atoms with E-state index in [1.807, 2.05) is 6.07 Å². The molecular weight excluding hydrogens is 260 g/mol. The third-order valence-corrected chi connectivity index (χ3v) is 3.92. The largest absolute Gasteiger partial charge is 0.340 e. The molecule has 0 unspecified atom stereocenters. The van der Waals surface area contributed by atoms with Gasteiger partial charge in [0.1, 0.15) is 12.4 Å². The fraction of sp³-hybridized carbons (Fsp3) is 0.222. The summed E-state index contributed by atoms with van der Waals surface area (Å²) in [6.45, 7) is 2.99. The zero-order valence-corrected chi connectivity index (χ0v) is 12.0. The summed E-state index contributed by atoms with van der Waals surface area (Å²) in [4.78, 5) is 13.1. The molecule has 2 aromatic rings. The van der Waals surface area contributed by atoms with Crippen molar-refractivity contribution in [1.29, 1.82) is 5.26 Å².